The van der Waals surface area contributed by atoms with Crippen molar-refractivity contribution in [3.63, 3.8) is 0 Å². The smallest absolute Gasteiger partial charge is 0.170 e. The maximum absolute atomic E-state index is 10.7. The minimum absolute atomic E-state index is 0.420. The molecule has 4 nitrogen and oxygen atoms in total. The summed E-state index contributed by atoms with van der Waals surface area (Å²) in [5.74, 6) is 0.728. The molecular weight excluding hydrogens is 204 g/mol. The number of aryl methyl sites for hydroxylation is 1. The van der Waals surface area contributed by atoms with Gasteiger partial charge in [-0.2, -0.15) is 5.10 Å². The number of nitrogens with zero attached hydrogens (tertiary/aromatic N) is 2. The third kappa shape index (κ3) is 1.69. The lowest BCUT2D eigenvalue weighted by Gasteiger charge is -2.09. The largest absolute Gasteiger partial charge is 0.494 e. The Labute approximate surface area is 93.5 Å². The minimum atomic E-state index is 0.420. The summed E-state index contributed by atoms with van der Waals surface area (Å²) in [5, 5.41) is 4.18. The van der Waals surface area contributed by atoms with Gasteiger partial charge in [0.25, 0.3) is 0 Å². The Hall–Kier alpha value is -2.10. The molecule has 16 heavy (non-hydrogen) atoms. The molecule has 0 atom stereocenters. The van der Waals surface area contributed by atoms with Crippen molar-refractivity contribution in [2.45, 2.75) is 6.92 Å². The number of carbonyl (C=O) groups excluding carboxylic acids is 1. The first-order chi connectivity index (χ1) is 7.76. The lowest BCUT2D eigenvalue weighted by atomic mass is 10.3. The number of hydrogen-bond acceptors (Lipinski definition) is 3. The Morgan fingerprint density at radius 2 is 2.12 bits per heavy atom. The van der Waals surface area contributed by atoms with Crippen molar-refractivity contribution >= 4 is 6.29 Å². The van der Waals surface area contributed by atoms with Gasteiger partial charge in [0.15, 0.2) is 6.29 Å². The van der Waals surface area contributed by atoms with Crippen LogP contribution in [-0.4, -0.2) is 23.2 Å². The number of carbonyl (C=O) groups is 1. The molecule has 0 radical (unpaired) electrons. The van der Waals surface area contributed by atoms with E-state index in [0.29, 0.717) is 5.69 Å². The molecule has 0 saturated heterocycles. The Bertz CT molecular complexity index is 517. The molecule has 1 aromatic carbocycles. The van der Waals surface area contributed by atoms with E-state index in [-0.39, 0.29) is 0 Å². The van der Waals surface area contributed by atoms with Gasteiger partial charge in [-0.3, -0.25) is 4.79 Å². The first kappa shape index (κ1) is 10.4. The average molecular weight is 216 g/mol. The molecule has 0 aliphatic rings. The Kier molecular flexibility index (Phi) is 2.72. The van der Waals surface area contributed by atoms with Crippen molar-refractivity contribution < 1.29 is 9.53 Å². The minimum Gasteiger partial charge on any atom is -0.494 e. The maximum atomic E-state index is 10.7. The summed E-state index contributed by atoms with van der Waals surface area (Å²) in [6, 6.07) is 9.28. The molecule has 1 aromatic heterocycles. The van der Waals surface area contributed by atoms with Gasteiger partial charge in [-0.05, 0) is 25.1 Å². The van der Waals surface area contributed by atoms with Gasteiger partial charge >= 0.3 is 0 Å². The first-order valence-corrected chi connectivity index (χ1v) is 4.91. The average Bonchev–Trinajstić information content (AvgIpc) is 2.70. The summed E-state index contributed by atoms with van der Waals surface area (Å²) in [6.07, 6.45) is 0.735. The Morgan fingerprint density at radius 3 is 2.75 bits per heavy atom. The number of aldehydes is 1. The highest BCUT2D eigenvalue weighted by molar-refractivity contribution is 5.72. The van der Waals surface area contributed by atoms with Crippen molar-refractivity contribution in [1.82, 2.24) is 9.78 Å². The predicted octanol–water partition coefficient (Wildman–Crippen LogP) is 2.00. The van der Waals surface area contributed by atoms with Crippen LogP contribution in [0.15, 0.2) is 30.3 Å². The van der Waals surface area contributed by atoms with Crippen LogP contribution in [-0.2, 0) is 0 Å². The molecular formula is C12H12N2O2. The van der Waals surface area contributed by atoms with Gasteiger partial charge < -0.3 is 4.74 Å². The van der Waals surface area contributed by atoms with E-state index in [4.69, 9.17) is 4.74 Å². The zero-order chi connectivity index (χ0) is 11.5. The third-order valence-electron chi connectivity index (χ3n) is 2.34. The van der Waals surface area contributed by atoms with E-state index >= 15 is 0 Å². The lowest BCUT2D eigenvalue weighted by molar-refractivity contribution is 0.111. The number of hydrogen-bond donors (Lipinski definition) is 0. The molecule has 0 aliphatic heterocycles. The highest BCUT2D eigenvalue weighted by Crippen LogP contribution is 2.22. The molecule has 2 rings (SSSR count). The second kappa shape index (κ2) is 4.18. The van der Waals surface area contributed by atoms with Crippen molar-refractivity contribution in [3.8, 4) is 11.4 Å². The number of ether oxygens (including phenoxy) is 1. The van der Waals surface area contributed by atoms with E-state index in [1.54, 1.807) is 17.9 Å². The number of para-hydroxylation sites is 2. The van der Waals surface area contributed by atoms with E-state index in [0.717, 1.165) is 23.4 Å². The van der Waals surface area contributed by atoms with Crippen LogP contribution in [0.2, 0.25) is 0 Å². The maximum Gasteiger partial charge on any atom is 0.170 e. The van der Waals surface area contributed by atoms with Crippen molar-refractivity contribution in [1.29, 1.82) is 0 Å². The van der Waals surface area contributed by atoms with E-state index in [9.17, 15) is 4.79 Å². The van der Waals surface area contributed by atoms with Crippen LogP contribution in [0, 0.1) is 6.92 Å². The molecule has 0 bridgehead atoms. The zero-order valence-corrected chi connectivity index (χ0v) is 9.18. The molecule has 0 saturated carbocycles. The van der Waals surface area contributed by atoms with Crippen molar-refractivity contribution in [2.75, 3.05) is 7.11 Å². The van der Waals surface area contributed by atoms with Gasteiger partial charge in [0.1, 0.15) is 17.1 Å². The Morgan fingerprint density at radius 1 is 1.38 bits per heavy atom. The van der Waals surface area contributed by atoms with Crippen LogP contribution in [0.4, 0.5) is 0 Å². The molecule has 0 unspecified atom stereocenters. The highest BCUT2D eigenvalue weighted by atomic mass is 16.5. The van der Waals surface area contributed by atoms with Gasteiger partial charge in [0, 0.05) is 5.69 Å². The Balaban J connectivity index is 2.57. The molecule has 4 heteroatoms. The van der Waals surface area contributed by atoms with Gasteiger partial charge in [0.2, 0.25) is 0 Å². The summed E-state index contributed by atoms with van der Waals surface area (Å²) in [7, 11) is 1.61. The van der Waals surface area contributed by atoms with Gasteiger partial charge in [-0.25, -0.2) is 4.68 Å². The summed E-state index contributed by atoms with van der Waals surface area (Å²) in [5.41, 5.74) is 2.14. The van der Waals surface area contributed by atoms with Crippen LogP contribution in [0.1, 0.15) is 16.2 Å². The molecule has 2 aromatic rings. The summed E-state index contributed by atoms with van der Waals surface area (Å²) in [4.78, 5) is 10.7. The van der Waals surface area contributed by atoms with Gasteiger partial charge in [-0.1, -0.05) is 12.1 Å². The van der Waals surface area contributed by atoms with Crippen LogP contribution in [0.25, 0.3) is 5.69 Å². The molecule has 0 N–H and O–H groups in total. The molecule has 0 amide bonds. The number of aromatic nitrogens is 2. The van der Waals surface area contributed by atoms with E-state index in [1.807, 2.05) is 31.2 Å². The SMILES string of the molecule is COc1ccccc1-n1nc(C=O)cc1C. The van der Waals surface area contributed by atoms with Crippen LogP contribution in [0.3, 0.4) is 0 Å². The van der Waals surface area contributed by atoms with Gasteiger partial charge in [-0.15, -0.1) is 0 Å². The van der Waals surface area contributed by atoms with Crippen LogP contribution < -0.4 is 4.74 Å². The summed E-state index contributed by atoms with van der Waals surface area (Å²) < 4.78 is 6.95. The topological polar surface area (TPSA) is 44.1 Å². The van der Waals surface area contributed by atoms with E-state index < -0.39 is 0 Å². The monoisotopic (exact) mass is 216 g/mol. The van der Waals surface area contributed by atoms with E-state index in [2.05, 4.69) is 5.10 Å². The quantitative estimate of drug-likeness (QED) is 0.737. The fourth-order valence-electron chi connectivity index (χ4n) is 1.60. The number of benzene rings is 1. The molecule has 82 valence electrons. The molecule has 0 aliphatic carbocycles. The standard InChI is InChI=1S/C12H12N2O2/c1-9-7-10(8-15)13-14(9)11-5-3-4-6-12(11)16-2/h3-8H,1-2H3. The predicted molar refractivity (Wildman–Crippen MR) is 60.2 cm³/mol. The summed E-state index contributed by atoms with van der Waals surface area (Å²) >= 11 is 0. The van der Waals surface area contributed by atoms with Gasteiger partial charge in [0.05, 0.1) is 7.11 Å². The van der Waals surface area contributed by atoms with Crippen molar-refractivity contribution in [2.24, 2.45) is 0 Å². The molecule has 1 heterocycles. The fourth-order valence-corrected chi connectivity index (χ4v) is 1.60. The van der Waals surface area contributed by atoms with Crippen LogP contribution in [0.5, 0.6) is 5.75 Å². The highest BCUT2D eigenvalue weighted by Gasteiger charge is 2.09. The van der Waals surface area contributed by atoms with Crippen LogP contribution >= 0.6 is 0 Å². The third-order valence-corrected chi connectivity index (χ3v) is 2.34. The first-order valence-electron chi connectivity index (χ1n) is 4.91. The molecule has 0 fully saturated rings. The second-order valence-corrected chi connectivity index (χ2v) is 3.41. The van der Waals surface area contributed by atoms with Crippen molar-refractivity contribution in [3.05, 3.63) is 41.7 Å². The summed E-state index contributed by atoms with van der Waals surface area (Å²) in [6.45, 7) is 1.90. The zero-order valence-electron chi connectivity index (χ0n) is 9.18. The number of methoxy groups -OCH3 is 1. The normalized spacial score (nSPS) is 10.1. The second-order valence-electron chi connectivity index (χ2n) is 3.41. The molecule has 0 spiro atoms. The number of rotatable bonds is 3. The fraction of sp³-hybridized carbons (Fsp3) is 0.167. The lowest BCUT2D eigenvalue weighted by Crippen LogP contribution is -2.01. The van der Waals surface area contributed by atoms with E-state index in [1.165, 1.54) is 0 Å².